The number of carbonyl (C=O) groups excluding carboxylic acids is 3. The van der Waals surface area contributed by atoms with Gasteiger partial charge in [-0.05, 0) is 57.2 Å². The molecule has 1 aromatic rings. The second-order valence-corrected chi connectivity index (χ2v) is 8.98. The van der Waals surface area contributed by atoms with Gasteiger partial charge in [-0.3, -0.25) is 9.59 Å². The van der Waals surface area contributed by atoms with Crippen molar-refractivity contribution in [2.24, 2.45) is 0 Å². The summed E-state index contributed by atoms with van der Waals surface area (Å²) in [6.07, 6.45) is 8.35. The van der Waals surface area contributed by atoms with Crippen LogP contribution in [0.3, 0.4) is 0 Å². The molecule has 1 heterocycles. The number of amides is 3. The van der Waals surface area contributed by atoms with Crippen molar-refractivity contribution >= 4 is 17.7 Å². The van der Waals surface area contributed by atoms with Gasteiger partial charge in [0.2, 0.25) is 5.91 Å². The molecule has 0 atom stereocenters. The lowest BCUT2D eigenvalue weighted by molar-refractivity contribution is -0.132. The Morgan fingerprint density at radius 1 is 0.970 bits per heavy atom. The Labute approximate surface area is 196 Å². The minimum absolute atomic E-state index is 0.0331. The molecule has 1 aliphatic heterocycles. The van der Waals surface area contributed by atoms with E-state index in [-0.39, 0.29) is 23.8 Å². The van der Waals surface area contributed by atoms with Gasteiger partial charge in [0.05, 0.1) is 13.7 Å². The first-order valence-electron chi connectivity index (χ1n) is 12.1. The van der Waals surface area contributed by atoms with Gasteiger partial charge in [-0.25, -0.2) is 4.79 Å². The van der Waals surface area contributed by atoms with E-state index < -0.39 is 0 Å². The maximum Gasteiger partial charge on any atom is 0.315 e. The Morgan fingerprint density at radius 2 is 1.64 bits per heavy atom. The van der Waals surface area contributed by atoms with Crippen LogP contribution in [0.4, 0.5) is 4.79 Å². The first-order chi connectivity index (χ1) is 16.0. The molecule has 2 aliphatic rings. The maximum absolute atomic E-state index is 12.6. The number of hydrogen-bond acceptors (Lipinski definition) is 5. The molecule has 1 aromatic carbocycles. The maximum atomic E-state index is 12.6. The van der Waals surface area contributed by atoms with E-state index in [1.807, 2.05) is 4.90 Å². The first-order valence-corrected chi connectivity index (χ1v) is 12.1. The van der Waals surface area contributed by atoms with Crippen LogP contribution in [0, 0.1) is 0 Å². The second-order valence-electron chi connectivity index (χ2n) is 8.98. The van der Waals surface area contributed by atoms with Crippen LogP contribution in [0.2, 0.25) is 0 Å². The molecule has 0 unspecified atom stereocenters. The molecule has 0 radical (unpaired) electrons. The van der Waals surface area contributed by atoms with Gasteiger partial charge in [0.25, 0.3) is 0 Å². The average molecular weight is 460 g/mol. The molecular formula is C25H37N3O5. The molecule has 2 N–H and O–H groups in total. The smallest absolute Gasteiger partial charge is 0.315 e. The fourth-order valence-corrected chi connectivity index (χ4v) is 4.50. The van der Waals surface area contributed by atoms with Crippen LogP contribution < -0.4 is 20.1 Å². The summed E-state index contributed by atoms with van der Waals surface area (Å²) in [6.45, 7) is 3.22. The van der Waals surface area contributed by atoms with Crippen LogP contribution in [0.25, 0.3) is 0 Å². The molecule has 1 aliphatic carbocycles. The standard InChI is InChI=1S/C25H37N3O5/c1-18(29)19-10-11-22(23(17-19)32-2)33-16-6-9-24(30)28-14-12-21(13-15-28)27-25(31)26-20-7-4-3-5-8-20/h10-11,17,20-21H,3-9,12-16H2,1-2H3,(H2,26,27,31). The molecule has 0 aromatic heterocycles. The number of benzene rings is 1. The van der Waals surface area contributed by atoms with E-state index in [4.69, 9.17) is 9.47 Å². The van der Waals surface area contributed by atoms with Crippen molar-refractivity contribution in [2.45, 2.75) is 76.8 Å². The van der Waals surface area contributed by atoms with Gasteiger partial charge in [-0.2, -0.15) is 0 Å². The van der Waals surface area contributed by atoms with E-state index in [0.29, 0.717) is 55.6 Å². The minimum Gasteiger partial charge on any atom is -0.493 e. The molecule has 0 bridgehead atoms. The number of Topliss-reactive ketones (excluding diaryl/α,β-unsaturated/α-hetero) is 1. The van der Waals surface area contributed by atoms with Gasteiger partial charge in [-0.1, -0.05) is 19.3 Å². The number of rotatable bonds is 9. The van der Waals surface area contributed by atoms with Gasteiger partial charge >= 0.3 is 6.03 Å². The van der Waals surface area contributed by atoms with E-state index in [9.17, 15) is 14.4 Å². The molecule has 8 nitrogen and oxygen atoms in total. The summed E-state index contributed by atoms with van der Waals surface area (Å²) in [5.74, 6) is 1.15. The van der Waals surface area contributed by atoms with E-state index in [0.717, 1.165) is 25.7 Å². The van der Waals surface area contributed by atoms with E-state index in [1.54, 1.807) is 18.2 Å². The predicted molar refractivity (Wildman–Crippen MR) is 126 cm³/mol. The fraction of sp³-hybridized carbons (Fsp3) is 0.640. The van der Waals surface area contributed by atoms with Gasteiger partial charge in [0.15, 0.2) is 17.3 Å². The molecule has 3 rings (SSSR count). The molecule has 2 fully saturated rings. The number of piperidine rings is 1. The highest BCUT2D eigenvalue weighted by Crippen LogP contribution is 2.28. The third-order valence-corrected chi connectivity index (χ3v) is 6.49. The third kappa shape index (κ3) is 7.65. The van der Waals surface area contributed by atoms with Crippen molar-refractivity contribution < 1.29 is 23.9 Å². The zero-order valence-electron chi connectivity index (χ0n) is 19.9. The number of likely N-dealkylation sites (tertiary alicyclic amines) is 1. The molecule has 1 saturated carbocycles. The largest absolute Gasteiger partial charge is 0.493 e. The van der Waals surface area contributed by atoms with Crippen molar-refractivity contribution in [3.05, 3.63) is 23.8 Å². The SMILES string of the molecule is COc1cc(C(C)=O)ccc1OCCCC(=O)N1CCC(NC(=O)NC2CCCCC2)CC1. The summed E-state index contributed by atoms with van der Waals surface area (Å²) >= 11 is 0. The highest BCUT2D eigenvalue weighted by atomic mass is 16.5. The number of nitrogens with zero attached hydrogens (tertiary/aromatic N) is 1. The average Bonchev–Trinajstić information content (AvgIpc) is 2.82. The van der Waals surface area contributed by atoms with Gasteiger partial charge in [-0.15, -0.1) is 0 Å². The lowest BCUT2D eigenvalue weighted by atomic mass is 9.96. The molecule has 1 saturated heterocycles. The highest BCUT2D eigenvalue weighted by molar-refractivity contribution is 5.94. The van der Waals surface area contributed by atoms with Crippen molar-refractivity contribution in [1.82, 2.24) is 15.5 Å². The summed E-state index contributed by atoms with van der Waals surface area (Å²) in [7, 11) is 1.54. The van der Waals surface area contributed by atoms with E-state index in [2.05, 4.69) is 10.6 Å². The number of urea groups is 1. The van der Waals surface area contributed by atoms with Crippen LogP contribution in [0.1, 0.15) is 75.1 Å². The Morgan fingerprint density at radius 3 is 2.27 bits per heavy atom. The Hall–Kier alpha value is -2.77. The van der Waals surface area contributed by atoms with Crippen molar-refractivity contribution in [2.75, 3.05) is 26.8 Å². The Balaban J connectivity index is 1.32. The molecular weight excluding hydrogens is 422 g/mol. The second kappa shape index (κ2) is 12.5. The number of nitrogens with one attached hydrogen (secondary N) is 2. The minimum atomic E-state index is -0.0735. The van der Waals surface area contributed by atoms with Crippen LogP contribution in [0.5, 0.6) is 11.5 Å². The normalized spacial score (nSPS) is 17.3. The summed E-state index contributed by atoms with van der Waals surface area (Å²) in [5, 5.41) is 6.17. The van der Waals surface area contributed by atoms with E-state index in [1.165, 1.54) is 33.3 Å². The number of methoxy groups -OCH3 is 1. The zero-order valence-corrected chi connectivity index (χ0v) is 19.9. The molecule has 182 valence electrons. The fourth-order valence-electron chi connectivity index (χ4n) is 4.50. The summed E-state index contributed by atoms with van der Waals surface area (Å²) in [6, 6.07) is 5.44. The molecule has 33 heavy (non-hydrogen) atoms. The summed E-state index contributed by atoms with van der Waals surface area (Å²) < 4.78 is 11.1. The number of hydrogen-bond donors (Lipinski definition) is 2. The lowest BCUT2D eigenvalue weighted by Gasteiger charge is -2.33. The molecule has 8 heteroatoms. The van der Waals surface area contributed by atoms with Crippen molar-refractivity contribution in [3.8, 4) is 11.5 Å². The Kier molecular flexibility index (Phi) is 9.39. The third-order valence-electron chi connectivity index (χ3n) is 6.49. The number of ether oxygens (including phenoxy) is 2. The van der Waals surface area contributed by atoms with Crippen LogP contribution in [0.15, 0.2) is 18.2 Å². The Bertz CT molecular complexity index is 814. The van der Waals surface area contributed by atoms with Crippen molar-refractivity contribution in [3.63, 3.8) is 0 Å². The predicted octanol–water partition coefficient (Wildman–Crippen LogP) is 3.68. The summed E-state index contributed by atoms with van der Waals surface area (Å²) in [5.41, 5.74) is 0.568. The van der Waals surface area contributed by atoms with Gasteiger partial charge in [0, 0.05) is 37.2 Å². The van der Waals surface area contributed by atoms with E-state index >= 15 is 0 Å². The van der Waals surface area contributed by atoms with Gasteiger partial charge < -0.3 is 25.0 Å². The quantitative estimate of drug-likeness (QED) is 0.434. The van der Waals surface area contributed by atoms with Crippen LogP contribution in [-0.4, -0.2) is 61.5 Å². The number of carbonyl (C=O) groups is 3. The number of ketones is 1. The van der Waals surface area contributed by atoms with Gasteiger partial charge in [0.1, 0.15) is 0 Å². The molecule has 0 spiro atoms. The topological polar surface area (TPSA) is 97.0 Å². The lowest BCUT2D eigenvalue weighted by Crippen LogP contribution is -2.51. The summed E-state index contributed by atoms with van der Waals surface area (Å²) in [4.78, 5) is 38.2. The molecule has 3 amide bonds. The zero-order chi connectivity index (χ0) is 23.6. The van der Waals surface area contributed by atoms with Crippen molar-refractivity contribution in [1.29, 1.82) is 0 Å². The van der Waals surface area contributed by atoms with Crippen LogP contribution >= 0.6 is 0 Å². The van der Waals surface area contributed by atoms with Crippen LogP contribution in [-0.2, 0) is 4.79 Å². The monoisotopic (exact) mass is 459 g/mol. The highest BCUT2D eigenvalue weighted by Gasteiger charge is 2.24. The first kappa shape index (κ1) is 24.9.